The number of aliphatic imine (C=N–C) groups is 1. The molecule has 1 atom stereocenters. The number of aromatic amines is 1. The number of aliphatic carboxylic acids is 1. The normalized spacial score (nSPS) is 14.5. The van der Waals surface area contributed by atoms with E-state index in [0.717, 1.165) is 24.6 Å². The number of fused-ring (bicyclic) bond motifs is 1. The van der Waals surface area contributed by atoms with Crippen LogP contribution < -0.4 is 20.9 Å². The second kappa shape index (κ2) is 11.1. The maximum atomic E-state index is 12.7. The molecule has 0 spiro atoms. The molecular weight excluding hydrogens is 484 g/mol. The van der Waals surface area contributed by atoms with Crippen LogP contribution in [-0.2, 0) is 27.0 Å². The molecule has 11 nitrogen and oxygen atoms in total. The molecule has 0 amide bonds. The monoisotopic (exact) mass is 510 g/mol. The van der Waals surface area contributed by atoms with Crippen molar-refractivity contribution in [1.82, 2.24) is 25.3 Å². The molecule has 0 unspecified atom stereocenters. The first-order chi connectivity index (χ1) is 17.3. The minimum Gasteiger partial charge on any atom is -0.480 e. The minimum absolute atomic E-state index is 0.0691. The van der Waals surface area contributed by atoms with E-state index in [-0.39, 0.29) is 18.0 Å². The van der Waals surface area contributed by atoms with E-state index in [1.165, 1.54) is 0 Å². The van der Waals surface area contributed by atoms with Gasteiger partial charge in [0.05, 0.1) is 23.2 Å². The Morgan fingerprint density at radius 3 is 2.72 bits per heavy atom. The molecule has 2 aromatic carbocycles. The first-order valence-corrected chi connectivity index (χ1v) is 12.9. The van der Waals surface area contributed by atoms with Crippen molar-refractivity contribution < 1.29 is 18.3 Å². The van der Waals surface area contributed by atoms with Crippen molar-refractivity contribution in [3.63, 3.8) is 0 Å². The van der Waals surface area contributed by atoms with Crippen molar-refractivity contribution in [2.24, 2.45) is 4.99 Å². The van der Waals surface area contributed by atoms with Crippen LogP contribution in [0.2, 0.25) is 0 Å². The quantitative estimate of drug-likeness (QED) is 0.264. The van der Waals surface area contributed by atoms with Gasteiger partial charge in [0.25, 0.3) is 5.56 Å². The molecule has 12 heteroatoms. The highest BCUT2D eigenvalue weighted by molar-refractivity contribution is 7.88. The van der Waals surface area contributed by atoms with Gasteiger partial charge in [0.1, 0.15) is 11.9 Å². The standard InChI is InChI=1S/C24H26N6O5S/c31-22-18-13-16(7-4-10-25-24-26-11-12-27-24)8-9-19(18)28-21(29-22)14-20(23(32)33)30-36(34,35)15-17-5-2-1-3-6-17/h1-9,13,20,30H,10-12,14-15H2,(H,32,33)(H2,25,26,27)(H,28,29,31)/b7-4+/t20-/m0/s1. The molecule has 36 heavy (non-hydrogen) atoms. The maximum absolute atomic E-state index is 12.7. The van der Waals surface area contributed by atoms with Crippen LogP contribution in [0.4, 0.5) is 0 Å². The van der Waals surface area contributed by atoms with Gasteiger partial charge in [0, 0.05) is 19.5 Å². The van der Waals surface area contributed by atoms with Crippen LogP contribution in [0.5, 0.6) is 0 Å². The van der Waals surface area contributed by atoms with Crippen LogP contribution in [-0.4, -0.2) is 61.1 Å². The van der Waals surface area contributed by atoms with Crippen molar-refractivity contribution in [3.8, 4) is 0 Å². The van der Waals surface area contributed by atoms with Crippen molar-refractivity contribution in [3.05, 3.63) is 81.9 Å². The molecule has 188 valence electrons. The number of sulfonamides is 1. The van der Waals surface area contributed by atoms with Gasteiger partial charge in [-0.05, 0) is 23.3 Å². The summed E-state index contributed by atoms with van der Waals surface area (Å²) in [4.78, 5) is 35.6. The summed E-state index contributed by atoms with van der Waals surface area (Å²) in [7, 11) is -3.95. The lowest BCUT2D eigenvalue weighted by atomic mass is 10.1. The summed E-state index contributed by atoms with van der Waals surface area (Å²) in [6.07, 6.45) is 3.44. The largest absolute Gasteiger partial charge is 0.480 e. The van der Waals surface area contributed by atoms with Gasteiger partial charge in [-0.2, -0.15) is 0 Å². The predicted octanol–water partition coefficient (Wildman–Crippen LogP) is 0.600. The average molecular weight is 511 g/mol. The van der Waals surface area contributed by atoms with E-state index in [9.17, 15) is 23.1 Å². The maximum Gasteiger partial charge on any atom is 0.322 e. The molecular formula is C24H26N6O5S. The average Bonchev–Trinajstić information content (AvgIpc) is 3.35. The summed E-state index contributed by atoms with van der Waals surface area (Å²) in [5, 5.41) is 16.2. The highest BCUT2D eigenvalue weighted by Crippen LogP contribution is 2.13. The molecule has 0 aliphatic carbocycles. The van der Waals surface area contributed by atoms with Gasteiger partial charge in [0.15, 0.2) is 5.96 Å². The molecule has 4 rings (SSSR count). The number of nitrogens with one attached hydrogen (secondary N) is 4. The highest BCUT2D eigenvalue weighted by Gasteiger charge is 2.25. The number of carboxylic acids is 1. The predicted molar refractivity (Wildman–Crippen MR) is 137 cm³/mol. The van der Waals surface area contributed by atoms with Crippen LogP contribution in [0.25, 0.3) is 17.0 Å². The molecule has 2 heterocycles. The number of hydrogen-bond donors (Lipinski definition) is 5. The Labute approximate surface area is 207 Å². The fourth-order valence-electron chi connectivity index (χ4n) is 3.70. The van der Waals surface area contributed by atoms with Crippen molar-refractivity contribution >= 4 is 38.9 Å². The molecule has 1 aliphatic rings. The van der Waals surface area contributed by atoms with Gasteiger partial charge >= 0.3 is 5.97 Å². The smallest absolute Gasteiger partial charge is 0.322 e. The van der Waals surface area contributed by atoms with Gasteiger partial charge in [-0.25, -0.2) is 18.1 Å². The molecule has 0 saturated carbocycles. The Bertz CT molecular complexity index is 1470. The highest BCUT2D eigenvalue weighted by atomic mass is 32.2. The molecule has 0 radical (unpaired) electrons. The fraction of sp³-hybridized carbons (Fsp3) is 0.250. The van der Waals surface area contributed by atoms with E-state index < -0.39 is 27.6 Å². The molecule has 3 aromatic rings. The number of H-pyrrole nitrogens is 1. The first kappa shape index (κ1) is 25.1. The Kier molecular flexibility index (Phi) is 7.76. The zero-order valence-electron chi connectivity index (χ0n) is 19.3. The van der Waals surface area contributed by atoms with Crippen molar-refractivity contribution in [2.75, 3.05) is 19.6 Å². The van der Waals surface area contributed by atoms with Crippen LogP contribution in [0, 0.1) is 0 Å². The van der Waals surface area contributed by atoms with Crippen molar-refractivity contribution in [2.45, 2.75) is 18.2 Å². The zero-order valence-corrected chi connectivity index (χ0v) is 20.1. The van der Waals surface area contributed by atoms with Crippen LogP contribution in [0.3, 0.4) is 0 Å². The van der Waals surface area contributed by atoms with Crippen LogP contribution in [0.1, 0.15) is 17.0 Å². The summed E-state index contributed by atoms with van der Waals surface area (Å²) >= 11 is 0. The number of rotatable bonds is 10. The number of nitrogens with zero attached hydrogens (tertiary/aromatic N) is 2. The zero-order chi connectivity index (χ0) is 25.5. The first-order valence-electron chi connectivity index (χ1n) is 11.3. The SMILES string of the molecule is O=C(O)[C@H](Cc1nc2ccc(/C=C/CNC3=NCCN3)cc2c(=O)[nH]1)NS(=O)(=O)Cc1ccccc1. The number of guanidine groups is 1. The third kappa shape index (κ3) is 6.77. The van der Waals surface area contributed by atoms with Crippen LogP contribution in [0.15, 0.2) is 64.4 Å². The third-order valence-corrected chi connectivity index (χ3v) is 6.72. The lowest BCUT2D eigenvalue weighted by Crippen LogP contribution is -2.43. The Hall–Kier alpha value is -4.03. The van der Waals surface area contributed by atoms with E-state index in [0.29, 0.717) is 23.0 Å². The second-order valence-corrected chi connectivity index (χ2v) is 9.94. The number of aromatic nitrogens is 2. The van der Waals surface area contributed by atoms with E-state index in [4.69, 9.17) is 0 Å². The number of carboxylic acid groups (broad SMARTS) is 1. The van der Waals surface area contributed by atoms with E-state index in [2.05, 4.69) is 30.3 Å². The summed E-state index contributed by atoms with van der Waals surface area (Å²) in [5.41, 5.74) is 1.26. The summed E-state index contributed by atoms with van der Waals surface area (Å²) < 4.78 is 27.2. The second-order valence-electron chi connectivity index (χ2n) is 8.19. The number of carbonyl (C=O) groups is 1. The molecule has 5 N–H and O–H groups in total. The Morgan fingerprint density at radius 1 is 1.19 bits per heavy atom. The molecule has 0 bridgehead atoms. The van der Waals surface area contributed by atoms with E-state index in [1.807, 2.05) is 12.2 Å². The molecule has 0 fully saturated rings. The summed E-state index contributed by atoms with van der Waals surface area (Å²) in [6.45, 7) is 2.14. The lowest BCUT2D eigenvalue weighted by molar-refractivity contribution is -0.139. The van der Waals surface area contributed by atoms with E-state index in [1.54, 1.807) is 48.5 Å². The third-order valence-electron chi connectivity index (χ3n) is 5.37. The van der Waals surface area contributed by atoms with Gasteiger partial charge in [-0.15, -0.1) is 0 Å². The molecule has 0 saturated heterocycles. The van der Waals surface area contributed by atoms with E-state index >= 15 is 0 Å². The van der Waals surface area contributed by atoms with Gasteiger partial charge < -0.3 is 20.7 Å². The van der Waals surface area contributed by atoms with Gasteiger partial charge in [-0.1, -0.05) is 48.6 Å². The number of hydrogen-bond acceptors (Lipinski definition) is 8. The summed E-state index contributed by atoms with van der Waals surface area (Å²) in [5.74, 6) is -0.911. The minimum atomic E-state index is -3.95. The van der Waals surface area contributed by atoms with Crippen molar-refractivity contribution in [1.29, 1.82) is 0 Å². The lowest BCUT2D eigenvalue weighted by Gasteiger charge is -2.15. The fourth-order valence-corrected chi connectivity index (χ4v) is 5.03. The molecule has 1 aromatic heterocycles. The topological polar surface area (TPSA) is 166 Å². The van der Waals surface area contributed by atoms with Gasteiger partial charge in [0.2, 0.25) is 10.0 Å². The Balaban J connectivity index is 1.45. The molecule has 1 aliphatic heterocycles. The summed E-state index contributed by atoms with van der Waals surface area (Å²) in [6, 6.07) is 12.1. The van der Waals surface area contributed by atoms with Crippen LogP contribution >= 0.6 is 0 Å². The van der Waals surface area contributed by atoms with Gasteiger partial charge in [-0.3, -0.25) is 14.6 Å². The Morgan fingerprint density at radius 2 is 2.00 bits per heavy atom. The number of benzene rings is 2.